The summed E-state index contributed by atoms with van der Waals surface area (Å²) in [5.74, 6) is -0.867. The standard InChI is InChI=1S/C17H19N3O3S/c1-11-8-12(9-24-11)14-13(4-3-6-18-14)19-16(23)20-7-5-17(2,10-20)15(21)22/h3-4,6,8-9H,5,7,10H2,1-2H3,(H,19,23)(H,21,22). The number of anilines is 1. The Morgan fingerprint density at radius 3 is 2.88 bits per heavy atom. The monoisotopic (exact) mass is 345 g/mol. The fourth-order valence-corrected chi connectivity index (χ4v) is 3.49. The number of hydrogen-bond donors (Lipinski definition) is 2. The lowest BCUT2D eigenvalue weighted by Crippen LogP contribution is -2.37. The molecular weight excluding hydrogens is 326 g/mol. The SMILES string of the molecule is Cc1cc(-c2ncccc2NC(=O)N2CCC(C)(C(=O)O)C2)cs1. The van der Waals surface area contributed by atoms with Crippen LogP contribution in [-0.2, 0) is 4.79 Å². The van der Waals surface area contributed by atoms with Crippen molar-refractivity contribution in [2.24, 2.45) is 5.41 Å². The molecule has 2 amide bonds. The highest BCUT2D eigenvalue weighted by Crippen LogP contribution is 2.32. The Labute approximate surface area is 144 Å². The van der Waals surface area contributed by atoms with Gasteiger partial charge >= 0.3 is 12.0 Å². The van der Waals surface area contributed by atoms with Crippen molar-refractivity contribution in [2.45, 2.75) is 20.3 Å². The number of pyridine rings is 1. The van der Waals surface area contributed by atoms with Gasteiger partial charge in [0.15, 0.2) is 0 Å². The molecule has 24 heavy (non-hydrogen) atoms. The number of carboxylic acids is 1. The van der Waals surface area contributed by atoms with Gasteiger partial charge < -0.3 is 15.3 Å². The van der Waals surface area contributed by atoms with Crippen LogP contribution in [0.2, 0.25) is 0 Å². The van der Waals surface area contributed by atoms with Gasteiger partial charge in [0.1, 0.15) is 0 Å². The summed E-state index contributed by atoms with van der Waals surface area (Å²) < 4.78 is 0. The Bertz CT molecular complexity index is 789. The van der Waals surface area contributed by atoms with E-state index in [4.69, 9.17) is 0 Å². The fourth-order valence-electron chi connectivity index (χ4n) is 2.81. The number of aryl methyl sites for hydroxylation is 1. The molecule has 1 saturated heterocycles. The van der Waals surface area contributed by atoms with E-state index < -0.39 is 11.4 Å². The van der Waals surface area contributed by atoms with E-state index in [1.807, 2.05) is 18.4 Å². The molecule has 0 aromatic carbocycles. The first-order valence-corrected chi connectivity index (χ1v) is 8.57. The van der Waals surface area contributed by atoms with Crippen LogP contribution in [0.3, 0.4) is 0 Å². The number of hydrogen-bond acceptors (Lipinski definition) is 4. The van der Waals surface area contributed by atoms with Crippen molar-refractivity contribution in [1.29, 1.82) is 0 Å². The molecule has 3 heterocycles. The number of aromatic nitrogens is 1. The topological polar surface area (TPSA) is 82.5 Å². The van der Waals surface area contributed by atoms with Crippen molar-refractivity contribution in [3.63, 3.8) is 0 Å². The second-order valence-electron chi connectivity index (χ2n) is 6.31. The average Bonchev–Trinajstić information content (AvgIpc) is 3.15. The number of likely N-dealkylation sites (tertiary alicyclic amines) is 1. The van der Waals surface area contributed by atoms with E-state index in [-0.39, 0.29) is 12.6 Å². The molecule has 126 valence electrons. The third-order valence-electron chi connectivity index (χ3n) is 4.33. The zero-order chi connectivity index (χ0) is 17.3. The van der Waals surface area contributed by atoms with Crippen molar-refractivity contribution < 1.29 is 14.7 Å². The second kappa shape index (κ2) is 6.24. The molecule has 0 spiro atoms. The van der Waals surface area contributed by atoms with Crippen LogP contribution in [0.1, 0.15) is 18.2 Å². The summed E-state index contributed by atoms with van der Waals surface area (Å²) in [7, 11) is 0. The van der Waals surface area contributed by atoms with Crippen molar-refractivity contribution in [3.8, 4) is 11.3 Å². The first kappa shape index (κ1) is 16.4. The van der Waals surface area contributed by atoms with Crippen LogP contribution in [0.15, 0.2) is 29.8 Å². The minimum atomic E-state index is -0.875. The summed E-state index contributed by atoms with van der Waals surface area (Å²) in [6, 6.07) is 5.31. The molecule has 2 aromatic heterocycles. The normalized spacial score (nSPS) is 20.2. The van der Waals surface area contributed by atoms with Gasteiger partial charge in [-0.3, -0.25) is 9.78 Å². The van der Waals surface area contributed by atoms with E-state index >= 15 is 0 Å². The van der Waals surface area contributed by atoms with Crippen LogP contribution in [0.25, 0.3) is 11.3 Å². The fraction of sp³-hybridized carbons (Fsp3) is 0.353. The van der Waals surface area contributed by atoms with Gasteiger partial charge in [-0.05, 0) is 38.5 Å². The number of nitrogens with one attached hydrogen (secondary N) is 1. The predicted molar refractivity (Wildman–Crippen MR) is 93.2 cm³/mol. The number of amides is 2. The zero-order valence-electron chi connectivity index (χ0n) is 13.6. The second-order valence-corrected chi connectivity index (χ2v) is 7.43. The van der Waals surface area contributed by atoms with Gasteiger partial charge in [0, 0.05) is 35.1 Å². The molecule has 2 N–H and O–H groups in total. The van der Waals surface area contributed by atoms with Crippen LogP contribution in [0, 0.1) is 12.3 Å². The number of carboxylic acid groups (broad SMARTS) is 1. The van der Waals surface area contributed by atoms with Crippen molar-refractivity contribution in [2.75, 3.05) is 18.4 Å². The molecule has 3 rings (SSSR count). The number of carbonyl (C=O) groups is 2. The lowest BCUT2D eigenvalue weighted by Gasteiger charge is -2.21. The average molecular weight is 345 g/mol. The summed E-state index contributed by atoms with van der Waals surface area (Å²) >= 11 is 1.63. The maximum atomic E-state index is 12.5. The van der Waals surface area contributed by atoms with Gasteiger partial charge in [-0.15, -0.1) is 11.3 Å². The summed E-state index contributed by atoms with van der Waals surface area (Å²) in [6.07, 6.45) is 2.15. The molecule has 6 nitrogen and oxygen atoms in total. The van der Waals surface area contributed by atoms with Crippen LogP contribution < -0.4 is 5.32 Å². The van der Waals surface area contributed by atoms with E-state index in [1.54, 1.807) is 41.5 Å². The molecule has 0 aliphatic carbocycles. The number of rotatable bonds is 3. The van der Waals surface area contributed by atoms with Crippen molar-refractivity contribution in [1.82, 2.24) is 9.88 Å². The third-order valence-corrected chi connectivity index (χ3v) is 5.19. The summed E-state index contributed by atoms with van der Waals surface area (Å²) in [5, 5.41) is 14.2. The van der Waals surface area contributed by atoms with Crippen LogP contribution in [0.4, 0.5) is 10.5 Å². The Morgan fingerprint density at radius 1 is 1.46 bits per heavy atom. The molecule has 0 radical (unpaired) electrons. The summed E-state index contributed by atoms with van der Waals surface area (Å²) in [6.45, 7) is 4.34. The van der Waals surface area contributed by atoms with E-state index in [0.717, 1.165) is 11.3 Å². The Hall–Kier alpha value is -2.41. The highest BCUT2D eigenvalue weighted by atomic mass is 32.1. The van der Waals surface area contributed by atoms with Gasteiger partial charge in [0.05, 0.1) is 16.8 Å². The smallest absolute Gasteiger partial charge is 0.321 e. The zero-order valence-corrected chi connectivity index (χ0v) is 14.4. The Morgan fingerprint density at radius 2 is 2.25 bits per heavy atom. The molecule has 0 bridgehead atoms. The molecule has 1 aliphatic heterocycles. The number of aliphatic carboxylic acids is 1. The molecule has 1 unspecified atom stereocenters. The van der Waals surface area contributed by atoms with Gasteiger partial charge in [0.2, 0.25) is 0 Å². The molecule has 0 saturated carbocycles. The van der Waals surface area contributed by atoms with E-state index in [0.29, 0.717) is 18.7 Å². The lowest BCUT2D eigenvalue weighted by atomic mass is 9.90. The van der Waals surface area contributed by atoms with Crippen LogP contribution >= 0.6 is 11.3 Å². The highest BCUT2D eigenvalue weighted by molar-refractivity contribution is 7.10. The number of urea groups is 1. The van der Waals surface area contributed by atoms with Gasteiger partial charge in [-0.1, -0.05) is 0 Å². The molecular formula is C17H19N3O3S. The van der Waals surface area contributed by atoms with Gasteiger partial charge in [-0.2, -0.15) is 0 Å². The van der Waals surface area contributed by atoms with E-state index in [9.17, 15) is 14.7 Å². The van der Waals surface area contributed by atoms with Crippen LogP contribution in [0.5, 0.6) is 0 Å². The number of nitrogens with zero attached hydrogens (tertiary/aromatic N) is 2. The number of carbonyl (C=O) groups excluding carboxylic acids is 1. The summed E-state index contributed by atoms with van der Waals surface area (Å²) in [5.41, 5.74) is 1.43. The third kappa shape index (κ3) is 3.12. The van der Waals surface area contributed by atoms with Crippen molar-refractivity contribution in [3.05, 3.63) is 34.7 Å². The minimum Gasteiger partial charge on any atom is -0.481 e. The maximum Gasteiger partial charge on any atom is 0.321 e. The van der Waals surface area contributed by atoms with E-state index in [2.05, 4.69) is 10.3 Å². The molecule has 7 heteroatoms. The van der Waals surface area contributed by atoms with Gasteiger partial charge in [-0.25, -0.2) is 4.79 Å². The quantitative estimate of drug-likeness (QED) is 0.892. The Balaban J connectivity index is 1.78. The molecule has 1 atom stereocenters. The first-order valence-electron chi connectivity index (χ1n) is 7.69. The Kier molecular flexibility index (Phi) is 4.28. The molecule has 2 aromatic rings. The van der Waals surface area contributed by atoms with E-state index in [1.165, 1.54) is 4.88 Å². The maximum absolute atomic E-state index is 12.5. The molecule has 1 fully saturated rings. The van der Waals surface area contributed by atoms with Crippen molar-refractivity contribution >= 4 is 29.0 Å². The first-order chi connectivity index (χ1) is 11.4. The highest BCUT2D eigenvalue weighted by Gasteiger charge is 2.42. The van der Waals surface area contributed by atoms with Crippen LogP contribution in [-0.4, -0.2) is 40.1 Å². The predicted octanol–water partition coefficient (Wildman–Crippen LogP) is 3.45. The largest absolute Gasteiger partial charge is 0.481 e. The molecule has 1 aliphatic rings. The number of thiophene rings is 1. The minimum absolute atomic E-state index is 0.210. The van der Waals surface area contributed by atoms with Gasteiger partial charge in [0.25, 0.3) is 0 Å². The lowest BCUT2D eigenvalue weighted by molar-refractivity contribution is -0.146. The summed E-state index contributed by atoms with van der Waals surface area (Å²) in [4.78, 5) is 30.9.